The number of halogens is 1. The maximum atomic E-state index is 6.18. The number of alkyl halides is 1. The molecule has 2 nitrogen and oxygen atoms in total. The summed E-state index contributed by atoms with van der Waals surface area (Å²) in [5.41, 5.74) is 3.47. The average molecular weight is 319 g/mol. The van der Waals surface area contributed by atoms with Crippen LogP contribution in [0.15, 0.2) is 35.7 Å². The van der Waals surface area contributed by atoms with Gasteiger partial charge in [-0.2, -0.15) is 0 Å². The Balaban J connectivity index is 2.23. The molecule has 21 heavy (non-hydrogen) atoms. The van der Waals surface area contributed by atoms with Crippen LogP contribution in [0.25, 0.3) is 11.0 Å². The van der Waals surface area contributed by atoms with Crippen molar-refractivity contribution in [2.75, 3.05) is 0 Å². The quantitative estimate of drug-likeness (QED) is 0.565. The van der Waals surface area contributed by atoms with Crippen LogP contribution in [-0.2, 0) is 5.88 Å². The van der Waals surface area contributed by atoms with Gasteiger partial charge in [-0.25, -0.2) is 4.98 Å². The third kappa shape index (κ3) is 2.60. The van der Waals surface area contributed by atoms with Crippen LogP contribution in [0, 0.1) is 6.92 Å². The van der Waals surface area contributed by atoms with Crippen molar-refractivity contribution in [3.8, 4) is 0 Å². The van der Waals surface area contributed by atoms with Gasteiger partial charge in [0, 0.05) is 4.88 Å². The zero-order valence-corrected chi connectivity index (χ0v) is 13.9. The predicted molar refractivity (Wildman–Crippen MR) is 91.4 cm³/mol. The summed E-state index contributed by atoms with van der Waals surface area (Å²) in [5.74, 6) is 1.41. The molecule has 2 heterocycles. The molecule has 0 fully saturated rings. The summed E-state index contributed by atoms with van der Waals surface area (Å²) < 4.78 is 2.34. The lowest BCUT2D eigenvalue weighted by Gasteiger charge is -2.20. The number of aryl methyl sites for hydroxylation is 1. The summed E-state index contributed by atoms with van der Waals surface area (Å²) in [6, 6.07) is 11.0. The van der Waals surface area contributed by atoms with Crippen LogP contribution in [0.4, 0.5) is 0 Å². The normalized spacial score (nSPS) is 12.9. The number of benzene rings is 1. The van der Waals surface area contributed by atoms with Gasteiger partial charge in [-0.3, -0.25) is 0 Å². The van der Waals surface area contributed by atoms with Crippen molar-refractivity contribution in [3.63, 3.8) is 0 Å². The fourth-order valence-electron chi connectivity index (χ4n) is 2.90. The molecule has 1 unspecified atom stereocenters. The molecular formula is C17H19ClN2S. The molecule has 0 aliphatic rings. The Labute approximate surface area is 134 Å². The van der Waals surface area contributed by atoms with E-state index in [2.05, 4.69) is 54.1 Å². The van der Waals surface area contributed by atoms with E-state index < -0.39 is 0 Å². The zero-order valence-electron chi connectivity index (χ0n) is 12.3. The average Bonchev–Trinajstić information content (AvgIpc) is 3.13. The largest absolute Gasteiger partial charge is 0.319 e. The van der Waals surface area contributed by atoms with Crippen molar-refractivity contribution in [2.24, 2.45) is 0 Å². The van der Waals surface area contributed by atoms with Crippen LogP contribution in [-0.4, -0.2) is 9.55 Å². The number of rotatable bonds is 5. The molecule has 0 amide bonds. The van der Waals surface area contributed by atoms with Crippen LogP contribution in [0.2, 0.25) is 0 Å². The fourth-order valence-corrected chi connectivity index (χ4v) is 3.94. The molecule has 4 heteroatoms. The van der Waals surface area contributed by atoms with E-state index in [0.29, 0.717) is 11.9 Å². The highest BCUT2D eigenvalue weighted by molar-refractivity contribution is 7.10. The molecule has 0 saturated heterocycles. The molecule has 1 atom stereocenters. The van der Waals surface area contributed by atoms with Crippen molar-refractivity contribution >= 4 is 34.0 Å². The van der Waals surface area contributed by atoms with Gasteiger partial charge in [0.1, 0.15) is 5.82 Å². The molecule has 0 bridgehead atoms. The lowest BCUT2D eigenvalue weighted by Crippen LogP contribution is -2.12. The number of fused-ring (bicyclic) bond motifs is 1. The first-order chi connectivity index (χ1) is 10.3. The third-order valence-electron chi connectivity index (χ3n) is 3.86. The van der Waals surface area contributed by atoms with E-state index >= 15 is 0 Å². The van der Waals surface area contributed by atoms with E-state index in [4.69, 9.17) is 16.6 Å². The number of hydrogen-bond donors (Lipinski definition) is 0. The Bertz CT molecular complexity index is 731. The molecule has 1 aromatic carbocycles. The third-order valence-corrected chi connectivity index (χ3v) is 5.07. The minimum absolute atomic E-state index is 0.329. The first kappa shape index (κ1) is 14.6. The van der Waals surface area contributed by atoms with Crippen molar-refractivity contribution in [3.05, 3.63) is 52.0 Å². The molecule has 3 rings (SSSR count). The van der Waals surface area contributed by atoms with Gasteiger partial charge in [0.25, 0.3) is 0 Å². The first-order valence-electron chi connectivity index (χ1n) is 7.32. The molecule has 0 radical (unpaired) electrons. The lowest BCUT2D eigenvalue weighted by molar-refractivity contribution is 0.540. The van der Waals surface area contributed by atoms with Gasteiger partial charge in [-0.15, -0.1) is 22.9 Å². The van der Waals surface area contributed by atoms with Crippen molar-refractivity contribution < 1.29 is 0 Å². The van der Waals surface area contributed by atoms with E-state index in [-0.39, 0.29) is 0 Å². The second-order valence-electron chi connectivity index (χ2n) is 5.29. The highest BCUT2D eigenvalue weighted by Gasteiger charge is 2.21. The number of imidazole rings is 1. The molecule has 0 aliphatic carbocycles. The SMILES string of the molecule is CCCC(c1cccs1)n1c(CCl)nc2c(C)cccc21. The number of hydrogen-bond acceptors (Lipinski definition) is 2. The summed E-state index contributed by atoms with van der Waals surface area (Å²) in [6.45, 7) is 4.34. The Morgan fingerprint density at radius 1 is 1.29 bits per heavy atom. The number of thiophene rings is 1. The number of nitrogens with zero attached hydrogens (tertiary/aromatic N) is 2. The van der Waals surface area contributed by atoms with Crippen molar-refractivity contribution in [2.45, 2.75) is 38.6 Å². The van der Waals surface area contributed by atoms with Crippen molar-refractivity contribution in [1.29, 1.82) is 0 Å². The maximum Gasteiger partial charge on any atom is 0.125 e. The zero-order chi connectivity index (χ0) is 14.8. The van der Waals surface area contributed by atoms with E-state index in [9.17, 15) is 0 Å². The highest BCUT2D eigenvalue weighted by Crippen LogP contribution is 2.33. The minimum atomic E-state index is 0.329. The molecule has 0 saturated carbocycles. The minimum Gasteiger partial charge on any atom is -0.319 e. The summed E-state index contributed by atoms with van der Waals surface area (Å²) in [6.07, 6.45) is 2.24. The fraction of sp³-hybridized carbons (Fsp3) is 0.353. The van der Waals surface area contributed by atoms with Crippen LogP contribution < -0.4 is 0 Å². The van der Waals surface area contributed by atoms with Gasteiger partial charge in [0.15, 0.2) is 0 Å². The number of aromatic nitrogens is 2. The Hall–Kier alpha value is -1.32. The summed E-state index contributed by atoms with van der Waals surface area (Å²) >= 11 is 7.99. The summed E-state index contributed by atoms with van der Waals surface area (Å²) in [4.78, 5) is 6.16. The Morgan fingerprint density at radius 3 is 2.81 bits per heavy atom. The second-order valence-corrected chi connectivity index (χ2v) is 6.54. The second kappa shape index (κ2) is 6.20. The van der Waals surface area contributed by atoms with Gasteiger partial charge in [-0.05, 0) is 36.4 Å². The Morgan fingerprint density at radius 2 is 2.14 bits per heavy atom. The maximum absolute atomic E-state index is 6.18. The topological polar surface area (TPSA) is 17.8 Å². The number of para-hydroxylation sites is 1. The molecule has 3 aromatic rings. The van der Waals surface area contributed by atoms with E-state index in [1.807, 2.05) is 11.3 Å². The molecule has 110 valence electrons. The molecule has 2 aromatic heterocycles. The smallest absolute Gasteiger partial charge is 0.125 e. The van der Waals surface area contributed by atoms with E-state index in [1.54, 1.807) is 0 Å². The van der Waals surface area contributed by atoms with Gasteiger partial charge in [0.05, 0.1) is 23.0 Å². The molecule has 0 N–H and O–H groups in total. The van der Waals surface area contributed by atoms with E-state index in [0.717, 1.165) is 24.2 Å². The standard InChI is InChI=1S/C17H19ClN2S/c1-3-6-13(15-9-5-10-21-15)20-14-8-4-7-12(2)17(14)19-16(20)11-18/h4-5,7-10,13H,3,6,11H2,1-2H3. The van der Waals surface area contributed by atoms with Crippen LogP contribution >= 0.6 is 22.9 Å². The van der Waals surface area contributed by atoms with Crippen LogP contribution in [0.1, 0.15) is 42.1 Å². The summed E-state index contributed by atoms with van der Waals surface area (Å²) in [7, 11) is 0. The first-order valence-corrected chi connectivity index (χ1v) is 8.73. The van der Waals surface area contributed by atoms with E-state index in [1.165, 1.54) is 16.0 Å². The lowest BCUT2D eigenvalue weighted by atomic mass is 10.1. The van der Waals surface area contributed by atoms with Crippen LogP contribution in [0.3, 0.4) is 0 Å². The van der Waals surface area contributed by atoms with Gasteiger partial charge >= 0.3 is 0 Å². The van der Waals surface area contributed by atoms with Crippen molar-refractivity contribution in [1.82, 2.24) is 9.55 Å². The monoisotopic (exact) mass is 318 g/mol. The highest BCUT2D eigenvalue weighted by atomic mass is 35.5. The van der Waals surface area contributed by atoms with Gasteiger partial charge in [-0.1, -0.05) is 31.5 Å². The molecular weight excluding hydrogens is 300 g/mol. The van der Waals surface area contributed by atoms with Gasteiger partial charge in [0.2, 0.25) is 0 Å². The van der Waals surface area contributed by atoms with Gasteiger partial charge < -0.3 is 4.57 Å². The predicted octanol–water partition coefficient (Wildman–Crippen LogP) is 5.53. The molecule has 0 aliphatic heterocycles. The molecule has 0 spiro atoms. The summed E-state index contributed by atoms with van der Waals surface area (Å²) in [5, 5.41) is 2.14. The van der Waals surface area contributed by atoms with Crippen LogP contribution in [0.5, 0.6) is 0 Å². The Kier molecular flexibility index (Phi) is 4.32.